The fourth-order valence-electron chi connectivity index (χ4n) is 2.75. The summed E-state index contributed by atoms with van der Waals surface area (Å²) in [5.41, 5.74) is 0. The Morgan fingerprint density at radius 1 is 1.25 bits per heavy atom. The van der Waals surface area contributed by atoms with Gasteiger partial charge in [0.05, 0.1) is 12.6 Å². The fourth-order valence-corrected chi connectivity index (χ4v) is 2.75. The number of nitrogens with one attached hydrogen (secondary N) is 1. The number of carbonyl (C=O) groups is 2. The van der Waals surface area contributed by atoms with E-state index >= 15 is 0 Å². The maximum Gasteiger partial charge on any atom is 0.234 e. The van der Waals surface area contributed by atoms with Crippen molar-refractivity contribution in [1.82, 2.24) is 15.1 Å². The van der Waals surface area contributed by atoms with E-state index in [0.717, 1.165) is 25.9 Å². The summed E-state index contributed by atoms with van der Waals surface area (Å²) >= 11 is 0. The van der Waals surface area contributed by atoms with Crippen LogP contribution in [0.4, 0.5) is 0 Å². The van der Waals surface area contributed by atoms with E-state index in [0.29, 0.717) is 12.6 Å². The van der Waals surface area contributed by atoms with Crippen molar-refractivity contribution in [3.8, 4) is 0 Å². The molecule has 1 heterocycles. The number of carbonyl (C=O) groups excluding carboxylic acids is 2. The van der Waals surface area contributed by atoms with Crippen LogP contribution in [0, 0.1) is 5.92 Å². The van der Waals surface area contributed by atoms with Crippen molar-refractivity contribution in [2.24, 2.45) is 5.92 Å². The molecule has 1 aliphatic heterocycles. The van der Waals surface area contributed by atoms with Gasteiger partial charge in [0.2, 0.25) is 5.91 Å². The van der Waals surface area contributed by atoms with Crippen molar-refractivity contribution < 1.29 is 9.59 Å². The van der Waals surface area contributed by atoms with Crippen LogP contribution in [0.3, 0.4) is 0 Å². The third-order valence-corrected chi connectivity index (χ3v) is 4.08. The van der Waals surface area contributed by atoms with Crippen molar-refractivity contribution in [3.63, 3.8) is 0 Å². The molecule has 1 atom stereocenters. The fraction of sp³-hybridized carbons (Fsp3) is 0.867. The van der Waals surface area contributed by atoms with Crippen molar-refractivity contribution in [3.05, 3.63) is 0 Å². The van der Waals surface area contributed by atoms with Gasteiger partial charge in [-0.1, -0.05) is 13.8 Å². The lowest BCUT2D eigenvalue weighted by molar-refractivity contribution is -0.128. The quantitative estimate of drug-likeness (QED) is 0.781. The second kappa shape index (κ2) is 7.74. The number of piperidine rings is 1. The summed E-state index contributed by atoms with van der Waals surface area (Å²) < 4.78 is 0. The zero-order valence-electron chi connectivity index (χ0n) is 13.5. The number of likely N-dealkylation sites (tertiary alicyclic amines) is 1. The molecule has 0 aromatic heterocycles. The van der Waals surface area contributed by atoms with Gasteiger partial charge in [0.15, 0.2) is 5.78 Å². The number of hydrogen-bond acceptors (Lipinski definition) is 4. The van der Waals surface area contributed by atoms with Crippen molar-refractivity contribution in [2.45, 2.75) is 45.7 Å². The molecular formula is C15H29N3O2. The van der Waals surface area contributed by atoms with E-state index in [4.69, 9.17) is 0 Å². The largest absolute Gasteiger partial charge is 0.345 e. The molecule has 0 aliphatic carbocycles. The number of amides is 1. The van der Waals surface area contributed by atoms with E-state index in [1.54, 1.807) is 0 Å². The molecule has 0 radical (unpaired) electrons. The minimum atomic E-state index is -0.359. The van der Waals surface area contributed by atoms with E-state index in [1.165, 1.54) is 6.92 Å². The summed E-state index contributed by atoms with van der Waals surface area (Å²) in [4.78, 5) is 28.0. The van der Waals surface area contributed by atoms with Crippen LogP contribution < -0.4 is 5.32 Å². The zero-order valence-corrected chi connectivity index (χ0v) is 13.5. The van der Waals surface area contributed by atoms with E-state index in [1.807, 2.05) is 13.8 Å². The molecule has 1 N–H and O–H groups in total. The molecule has 0 aromatic rings. The van der Waals surface area contributed by atoms with Crippen LogP contribution in [-0.2, 0) is 9.59 Å². The number of rotatable bonds is 6. The third-order valence-electron chi connectivity index (χ3n) is 4.08. The summed E-state index contributed by atoms with van der Waals surface area (Å²) in [7, 11) is 4.21. The first kappa shape index (κ1) is 17.1. The standard InChI is InChI=1S/C15H29N3O2/c1-11(2)15(12(3)19)16-14(20)10-18-8-6-13(7-9-18)17(4)5/h11,13,15H,6-10H2,1-5H3,(H,16,20). The number of Topliss-reactive ketones (excluding diaryl/α,β-unsaturated/α-hetero) is 1. The Morgan fingerprint density at radius 2 is 1.80 bits per heavy atom. The topological polar surface area (TPSA) is 52.7 Å². The van der Waals surface area contributed by atoms with Crippen molar-refractivity contribution in [2.75, 3.05) is 33.7 Å². The number of ketones is 1. The summed E-state index contributed by atoms with van der Waals surface area (Å²) in [6, 6.07) is 0.261. The molecule has 116 valence electrons. The van der Waals surface area contributed by atoms with Crippen LogP contribution in [-0.4, -0.2) is 67.3 Å². The van der Waals surface area contributed by atoms with Gasteiger partial charge in [-0.15, -0.1) is 0 Å². The highest BCUT2D eigenvalue weighted by molar-refractivity contribution is 5.88. The second-order valence-electron chi connectivity index (χ2n) is 6.37. The van der Waals surface area contributed by atoms with Crippen LogP contribution in [0.2, 0.25) is 0 Å². The SMILES string of the molecule is CC(=O)C(NC(=O)CN1CCC(N(C)C)CC1)C(C)C. The van der Waals surface area contributed by atoms with Crippen LogP contribution in [0.1, 0.15) is 33.6 Å². The molecule has 20 heavy (non-hydrogen) atoms. The highest BCUT2D eigenvalue weighted by atomic mass is 16.2. The van der Waals surface area contributed by atoms with Crippen molar-refractivity contribution >= 4 is 11.7 Å². The van der Waals surface area contributed by atoms with Crippen molar-refractivity contribution in [1.29, 1.82) is 0 Å². The maximum atomic E-state index is 12.0. The lowest BCUT2D eigenvalue weighted by atomic mass is 10.0. The van der Waals surface area contributed by atoms with Gasteiger partial charge in [-0.2, -0.15) is 0 Å². The normalized spacial score (nSPS) is 19.4. The number of nitrogens with zero attached hydrogens (tertiary/aromatic N) is 2. The molecule has 0 bridgehead atoms. The lowest BCUT2D eigenvalue weighted by Crippen LogP contribution is -2.49. The summed E-state index contributed by atoms with van der Waals surface area (Å²) in [6.07, 6.45) is 2.20. The van der Waals surface area contributed by atoms with Crippen LogP contribution in [0.15, 0.2) is 0 Å². The average Bonchev–Trinajstić information content (AvgIpc) is 2.35. The molecule has 5 heteroatoms. The monoisotopic (exact) mass is 283 g/mol. The molecule has 1 saturated heterocycles. The molecule has 1 unspecified atom stereocenters. The van der Waals surface area contributed by atoms with E-state index in [9.17, 15) is 9.59 Å². The van der Waals surface area contributed by atoms with E-state index in [-0.39, 0.29) is 23.7 Å². The first-order chi connectivity index (χ1) is 9.31. The lowest BCUT2D eigenvalue weighted by Gasteiger charge is -2.35. The molecule has 1 amide bonds. The molecule has 0 spiro atoms. The number of hydrogen-bond donors (Lipinski definition) is 1. The molecule has 1 fully saturated rings. The Bertz CT molecular complexity index is 334. The Labute approximate surface area is 122 Å². The van der Waals surface area contributed by atoms with Gasteiger partial charge in [0.1, 0.15) is 0 Å². The van der Waals surface area contributed by atoms with Gasteiger partial charge in [-0.25, -0.2) is 0 Å². The summed E-state index contributed by atoms with van der Waals surface area (Å²) in [5, 5.41) is 2.86. The predicted molar refractivity (Wildman–Crippen MR) is 80.6 cm³/mol. The second-order valence-corrected chi connectivity index (χ2v) is 6.37. The highest BCUT2D eigenvalue weighted by Crippen LogP contribution is 2.13. The molecule has 0 saturated carbocycles. The predicted octanol–water partition coefficient (Wildman–Crippen LogP) is 0.742. The van der Waals surface area contributed by atoms with Gasteiger partial charge >= 0.3 is 0 Å². The van der Waals surface area contributed by atoms with Gasteiger partial charge < -0.3 is 10.2 Å². The van der Waals surface area contributed by atoms with Crippen LogP contribution in [0.5, 0.6) is 0 Å². The zero-order chi connectivity index (χ0) is 15.3. The smallest absolute Gasteiger partial charge is 0.234 e. The Kier molecular flexibility index (Phi) is 6.62. The maximum absolute atomic E-state index is 12.0. The average molecular weight is 283 g/mol. The van der Waals surface area contributed by atoms with Crippen LogP contribution in [0.25, 0.3) is 0 Å². The molecular weight excluding hydrogens is 254 g/mol. The van der Waals surface area contributed by atoms with Gasteiger partial charge in [0.25, 0.3) is 0 Å². The first-order valence-corrected chi connectivity index (χ1v) is 7.49. The van der Waals surface area contributed by atoms with Gasteiger partial charge in [-0.05, 0) is 39.8 Å². The third kappa shape index (κ3) is 5.21. The molecule has 0 aromatic carbocycles. The summed E-state index contributed by atoms with van der Waals surface area (Å²) in [6.45, 7) is 7.74. The van der Waals surface area contributed by atoms with Gasteiger partial charge in [-0.3, -0.25) is 14.5 Å². The first-order valence-electron chi connectivity index (χ1n) is 7.49. The highest BCUT2D eigenvalue weighted by Gasteiger charge is 2.24. The minimum Gasteiger partial charge on any atom is -0.345 e. The Balaban J connectivity index is 2.38. The molecule has 1 rings (SSSR count). The Hall–Kier alpha value is -0.940. The van der Waals surface area contributed by atoms with Gasteiger partial charge in [0, 0.05) is 19.1 Å². The van der Waals surface area contributed by atoms with E-state index < -0.39 is 0 Å². The molecule has 5 nitrogen and oxygen atoms in total. The molecule has 1 aliphatic rings. The van der Waals surface area contributed by atoms with E-state index in [2.05, 4.69) is 29.2 Å². The Morgan fingerprint density at radius 3 is 2.20 bits per heavy atom. The van der Waals surface area contributed by atoms with Crippen LogP contribution >= 0.6 is 0 Å². The minimum absolute atomic E-state index is 0.0275. The summed E-state index contributed by atoms with van der Waals surface area (Å²) in [5.74, 6) is 0.123.